The molecule has 4 nitrogen and oxygen atoms in total. The molecule has 2 aromatic rings. The number of carbonyl (C=O) groups is 1. The van der Waals surface area contributed by atoms with Crippen LogP contribution in [0.25, 0.3) is 0 Å². The van der Waals surface area contributed by atoms with Crippen LogP contribution in [0.5, 0.6) is 0 Å². The SMILES string of the molecule is Cc1ccc(C(=O)NCC(C)C)c(C2CCN(Cc3ccccc3F)CC2)n1. The number of aromatic nitrogens is 1. The summed E-state index contributed by atoms with van der Waals surface area (Å²) in [4.78, 5) is 19.7. The molecule has 28 heavy (non-hydrogen) atoms. The summed E-state index contributed by atoms with van der Waals surface area (Å²) >= 11 is 0. The number of amides is 1. The lowest BCUT2D eigenvalue weighted by atomic mass is 9.89. The smallest absolute Gasteiger partial charge is 0.253 e. The Morgan fingerprint density at radius 3 is 2.61 bits per heavy atom. The number of nitrogens with one attached hydrogen (secondary N) is 1. The molecule has 1 fully saturated rings. The molecule has 1 aliphatic heterocycles. The zero-order valence-electron chi connectivity index (χ0n) is 17.0. The quantitative estimate of drug-likeness (QED) is 0.809. The van der Waals surface area contributed by atoms with Crippen molar-refractivity contribution < 1.29 is 9.18 Å². The van der Waals surface area contributed by atoms with E-state index in [1.54, 1.807) is 6.07 Å². The summed E-state index contributed by atoms with van der Waals surface area (Å²) in [6.45, 7) is 9.17. The van der Waals surface area contributed by atoms with Gasteiger partial charge >= 0.3 is 0 Å². The van der Waals surface area contributed by atoms with Gasteiger partial charge in [-0.05, 0) is 57.0 Å². The van der Waals surface area contributed by atoms with Crippen LogP contribution in [0.3, 0.4) is 0 Å². The van der Waals surface area contributed by atoms with Crippen LogP contribution in [0.4, 0.5) is 4.39 Å². The normalized spacial score (nSPS) is 15.8. The summed E-state index contributed by atoms with van der Waals surface area (Å²) in [6, 6.07) is 10.8. The van der Waals surface area contributed by atoms with Crippen molar-refractivity contribution in [1.82, 2.24) is 15.2 Å². The Labute approximate surface area is 167 Å². The van der Waals surface area contributed by atoms with Gasteiger partial charge in [0.2, 0.25) is 0 Å². The largest absolute Gasteiger partial charge is 0.352 e. The van der Waals surface area contributed by atoms with Crippen molar-refractivity contribution in [2.45, 2.75) is 46.1 Å². The molecule has 0 spiro atoms. The van der Waals surface area contributed by atoms with Gasteiger partial charge in [0.05, 0.1) is 11.3 Å². The maximum atomic E-state index is 13.9. The predicted molar refractivity (Wildman–Crippen MR) is 110 cm³/mol. The van der Waals surface area contributed by atoms with Crippen LogP contribution in [0.1, 0.15) is 59.9 Å². The predicted octanol–water partition coefficient (Wildman–Crippen LogP) is 4.29. The van der Waals surface area contributed by atoms with Crippen molar-refractivity contribution in [2.24, 2.45) is 5.92 Å². The number of piperidine rings is 1. The summed E-state index contributed by atoms with van der Waals surface area (Å²) in [7, 11) is 0. The first-order valence-corrected chi connectivity index (χ1v) is 10.2. The van der Waals surface area contributed by atoms with E-state index in [4.69, 9.17) is 4.98 Å². The average molecular weight is 384 g/mol. The first kappa shape index (κ1) is 20.5. The van der Waals surface area contributed by atoms with Gasteiger partial charge in [0.1, 0.15) is 5.82 Å². The number of hydrogen-bond acceptors (Lipinski definition) is 3. The Morgan fingerprint density at radius 2 is 1.93 bits per heavy atom. The fourth-order valence-electron chi connectivity index (χ4n) is 3.70. The van der Waals surface area contributed by atoms with Gasteiger partial charge in [-0.2, -0.15) is 0 Å². The van der Waals surface area contributed by atoms with Crippen LogP contribution in [0, 0.1) is 18.7 Å². The lowest BCUT2D eigenvalue weighted by molar-refractivity contribution is 0.0946. The highest BCUT2D eigenvalue weighted by Crippen LogP contribution is 2.30. The molecule has 1 saturated heterocycles. The molecule has 2 heterocycles. The average Bonchev–Trinajstić information content (AvgIpc) is 2.68. The number of carbonyl (C=O) groups excluding carboxylic acids is 1. The molecule has 1 aliphatic rings. The van der Waals surface area contributed by atoms with Crippen molar-refractivity contribution in [3.63, 3.8) is 0 Å². The van der Waals surface area contributed by atoms with E-state index in [0.29, 0.717) is 24.6 Å². The molecule has 3 rings (SSSR count). The van der Waals surface area contributed by atoms with Gasteiger partial charge in [-0.15, -0.1) is 0 Å². The molecular formula is C23H30FN3O. The van der Waals surface area contributed by atoms with Gasteiger partial charge in [0.25, 0.3) is 5.91 Å². The fourth-order valence-corrected chi connectivity index (χ4v) is 3.70. The van der Waals surface area contributed by atoms with Gasteiger partial charge < -0.3 is 5.32 Å². The summed E-state index contributed by atoms with van der Waals surface area (Å²) in [5, 5.41) is 3.01. The van der Waals surface area contributed by atoms with Crippen molar-refractivity contribution in [3.05, 3.63) is 64.7 Å². The molecular weight excluding hydrogens is 353 g/mol. The van der Waals surface area contributed by atoms with Gasteiger partial charge in [-0.3, -0.25) is 14.7 Å². The van der Waals surface area contributed by atoms with E-state index < -0.39 is 0 Å². The molecule has 0 bridgehead atoms. The van der Waals surface area contributed by atoms with Crippen LogP contribution in [-0.4, -0.2) is 35.4 Å². The number of halogens is 1. The number of pyridine rings is 1. The number of aryl methyl sites for hydroxylation is 1. The van der Waals surface area contributed by atoms with Gasteiger partial charge in [-0.25, -0.2) is 4.39 Å². The van der Waals surface area contributed by atoms with Crippen molar-refractivity contribution >= 4 is 5.91 Å². The van der Waals surface area contributed by atoms with Gasteiger partial charge in [0.15, 0.2) is 0 Å². The standard InChI is InChI=1S/C23H30FN3O/c1-16(2)14-25-23(28)20-9-8-17(3)26-22(20)18-10-12-27(13-11-18)15-19-6-4-5-7-21(19)24/h4-9,16,18H,10-15H2,1-3H3,(H,25,28). The summed E-state index contributed by atoms with van der Waals surface area (Å²) in [5.41, 5.74) is 3.28. The summed E-state index contributed by atoms with van der Waals surface area (Å²) < 4.78 is 13.9. The Morgan fingerprint density at radius 1 is 1.21 bits per heavy atom. The van der Waals surface area contributed by atoms with Crippen LogP contribution < -0.4 is 5.32 Å². The third kappa shape index (κ3) is 5.16. The highest BCUT2D eigenvalue weighted by molar-refractivity contribution is 5.95. The first-order chi connectivity index (χ1) is 13.4. The van der Waals surface area contributed by atoms with E-state index in [-0.39, 0.29) is 17.6 Å². The third-order valence-corrected chi connectivity index (χ3v) is 5.31. The van der Waals surface area contributed by atoms with Gasteiger partial charge in [-0.1, -0.05) is 32.0 Å². The molecule has 1 amide bonds. The Hall–Kier alpha value is -2.27. The monoisotopic (exact) mass is 383 g/mol. The maximum absolute atomic E-state index is 13.9. The molecule has 150 valence electrons. The van der Waals surface area contributed by atoms with Crippen LogP contribution >= 0.6 is 0 Å². The minimum atomic E-state index is -0.144. The topological polar surface area (TPSA) is 45.2 Å². The second-order valence-electron chi connectivity index (χ2n) is 8.13. The highest BCUT2D eigenvalue weighted by Gasteiger charge is 2.26. The van der Waals surface area contributed by atoms with Crippen molar-refractivity contribution in [3.8, 4) is 0 Å². The highest BCUT2D eigenvalue weighted by atomic mass is 19.1. The molecule has 0 aliphatic carbocycles. The molecule has 1 N–H and O–H groups in total. The Kier molecular flexibility index (Phi) is 6.79. The summed E-state index contributed by atoms with van der Waals surface area (Å²) in [6.07, 6.45) is 1.85. The molecule has 0 atom stereocenters. The third-order valence-electron chi connectivity index (χ3n) is 5.31. The number of benzene rings is 1. The van der Waals surface area contributed by atoms with Crippen LogP contribution in [-0.2, 0) is 6.54 Å². The second-order valence-corrected chi connectivity index (χ2v) is 8.13. The van der Waals surface area contributed by atoms with E-state index >= 15 is 0 Å². The number of rotatable bonds is 6. The Balaban J connectivity index is 1.67. The Bertz CT molecular complexity index is 813. The molecule has 0 radical (unpaired) electrons. The minimum Gasteiger partial charge on any atom is -0.352 e. The number of hydrogen-bond donors (Lipinski definition) is 1. The van der Waals surface area contributed by atoms with E-state index in [2.05, 4.69) is 24.1 Å². The number of nitrogens with zero attached hydrogens (tertiary/aromatic N) is 2. The minimum absolute atomic E-state index is 0.0370. The first-order valence-electron chi connectivity index (χ1n) is 10.2. The number of likely N-dealkylation sites (tertiary alicyclic amines) is 1. The molecule has 0 saturated carbocycles. The lowest BCUT2D eigenvalue weighted by Crippen LogP contribution is -2.34. The van der Waals surface area contributed by atoms with Crippen LogP contribution in [0.2, 0.25) is 0 Å². The second kappa shape index (κ2) is 9.28. The van der Waals surface area contributed by atoms with E-state index in [9.17, 15) is 9.18 Å². The molecule has 1 aromatic carbocycles. The summed E-state index contributed by atoms with van der Waals surface area (Å²) in [5.74, 6) is 0.489. The van der Waals surface area contributed by atoms with Crippen LogP contribution in [0.15, 0.2) is 36.4 Å². The van der Waals surface area contributed by atoms with Gasteiger partial charge in [0, 0.05) is 30.3 Å². The fraction of sp³-hybridized carbons (Fsp3) is 0.478. The zero-order valence-corrected chi connectivity index (χ0v) is 17.0. The zero-order chi connectivity index (χ0) is 20.1. The van der Waals surface area contributed by atoms with E-state index in [1.165, 1.54) is 6.07 Å². The van der Waals surface area contributed by atoms with Crippen molar-refractivity contribution in [2.75, 3.05) is 19.6 Å². The molecule has 0 unspecified atom stereocenters. The van der Waals surface area contributed by atoms with Crippen molar-refractivity contribution in [1.29, 1.82) is 0 Å². The van der Waals surface area contributed by atoms with E-state index in [0.717, 1.165) is 42.9 Å². The van der Waals surface area contributed by atoms with E-state index in [1.807, 2.05) is 31.2 Å². The molecule has 5 heteroatoms. The molecule has 1 aromatic heterocycles. The maximum Gasteiger partial charge on any atom is 0.253 e. The lowest BCUT2D eigenvalue weighted by Gasteiger charge is -2.32.